The maximum absolute atomic E-state index is 13.0. The van der Waals surface area contributed by atoms with Crippen LogP contribution in [0, 0.1) is 5.82 Å². The van der Waals surface area contributed by atoms with Crippen molar-refractivity contribution in [2.75, 3.05) is 0 Å². The Labute approximate surface area is 107 Å². The number of halogens is 1. The molecule has 0 fully saturated rings. The van der Waals surface area contributed by atoms with Gasteiger partial charge in [-0.25, -0.2) is 4.39 Å². The van der Waals surface area contributed by atoms with Crippen LogP contribution >= 0.6 is 0 Å². The second-order valence-corrected chi connectivity index (χ2v) is 4.53. The molecule has 0 aliphatic carbocycles. The molecule has 2 rings (SSSR count). The minimum absolute atomic E-state index is 0.183. The average molecular weight is 247 g/mol. The van der Waals surface area contributed by atoms with Crippen molar-refractivity contribution >= 4 is 0 Å². The fourth-order valence-corrected chi connectivity index (χ4v) is 1.85. The molecule has 1 unspecified atom stereocenters. The third-order valence-corrected chi connectivity index (χ3v) is 2.95. The van der Waals surface area contributed by atoms with Gasteiger partial charge in [0.05, 0.1) is 6.26 Å². The van der Waals surface area contributed by atoms with E-state index in [1.54, 1.807) is 18.4 Å². The molecule has 1 N–H and O–H groups in total. The molecule has 0 saturated heterocycles. The Balaban J connectivity index is 1.73. The summed E-state index contributed by atoms with van der Waals surface area (Å²) in [5.74, 6) is 0.826. The molecule has 0 saturated carbocycles. The lowest BCUT2D eigenvalue weighted by molar-refractivity contribution is 0.459. The van der Waals surface area contributed by atoms with Gasteiger partial charge in [-0.1, -0.05) is 12.1 Å². The van der Waals surface area contributed by atoms with Crippen LogP contribution in [0.2, 0.25) is 0 Å². The molecule has 0 bridgehead atoms. The molecular formula is C15H18FNO. The number of aryl methyl sites for hydroxylation is 1. The molecule has 0 amide bonds. The van der Waals surface area contributed by atoms with Crippen LogP contribution in [0.15, 0.2) is 47.1 Å². The van der Waals surface area contributed by atoms with E-state index in [2.05, 4.69) is 12.2 Å². The van der Waals surface area contributed by atoms with E-state index in [9.17, 15) is 4.39 Å². The van der Waals surface area contributed by atoms with E-state index in [-0.39, 0.29) is 5.82 Å². The zero-order valence-corrected chi connectivity index (χ0v) is 10.5. The summed E-state index contributed by atoms with van der Waals surface area (Å²) in [5, 5.41) is 3.38. The van der Waals surface area contributed by atoms with Gasteiger partial charge in [0.2, 0.25) is 0 Å². The number of nitrogens with one attached hydrogen (secondary N) is 1. The van der Waals surface area contributed by atoms with Crippen molar-refractivity contribution in [1.29, 1.82) is 0 Å². The first-order valence-corrected chi connectivity index (χ1v) is 6.24. The second kappa shape index (κ2) is 6.36. The molecule has 3 heteroatoms. The standard InChI is InChI=1S/C15H18FNO/c1-12(7-8-15-6-3-9-18-15)17-11-13-4-2-5-14(16)10-13/h2-6,9-10,12,17H,7-8,11H2,1H3. The maximum Gasteiger partial charge on any atom is 0.123 e. The summed E-state index contributed by atoms with van der Waals surface area (Å²) in [5.41, 5.74) is 0.972. The van der Waals surface area contributed by atoms with Crippen molar-refractivity contribution in [2.45, 2.75) is 32.4 Å². The molecule has 1 aromatic heterocycles. The fraction of sp³-hybridized carbons (Fsp3) is 0.333. The van der Waals surface area contributed by atoms with Gasteiger partial charge in [-0.05, 0) is 43.2 Å². The van der Waals surface area contributed by atoms with Gasteiger partial charge in [-0.3, -0.25) is 0 Å². The van der Waals surface area contributed by atoms with Gasteiger partial charge in [0.15, 0.2) is 0 Å². The van der Waals surface area contributed by atoms with Crippen molar-refractivity contribution in [1.82, 2.24) is 5.32 Å². The number of hydrogen-bond acceptors (Lipinski definition) is 2. The summed E-state index contributed by atoms with van der Waals surface area (Å²) in [6.07, 6.45) is 3.62. The van der Waals surface area contributed by atoms with Crippen LogP contribution in [-0.2, 0) is 13.0 Å². The topological polar surface area (TPSA) is 25.2 Å². The molecule has 1 aromatic carbocycles. The van der Waals surface area contributed by atoms with Gasteiger partial charge in [0.25, 0.3) is 0 Å². The summed E-state index contributed by atoms with van der Waals surface area (Å²) in [4.78, 5) is 0. The normalized spacial score (nSPS) is 12.6. The molecule has 2 aromatic rings. The summed E-state index contributed by atoms with van der Waals surface area (Å²) in [6, 6.07) is 10.9. The smallest absolute Gasteiger partial charge is 0.123 e. The third kappa shape index (κ3) is 4.00. The molecular weight excluding hydrogens is 229 g/mol. The predicted molar refractivity (Wildman–Crippen MR) is 69.7 cm³/mol. The summed E-state index contributed by atoms with van der Waals surface area (Å²) >= 11 is 0. The highest BCUT2D eigenvalue weighted by atomic mass is 19.1. The second-order valence-electron chi connectivity index (χ2n) is 4.53. The Morgan fingerprint density at radius 2 is 2.17 bits per heavy atom. The Hall–Kier alpha value is -1.61. The minimum Gasteiger partial charge on any atom is -0.469 e. The highest BCUT2D eigenvalue weighted by Gasteiger charge is 2.04. The average Bonchev–Trinajstić information content (AvgIpc) is 2.87. The SMILES string of the molecule is CC(CCc1ccco1)NCc1cccc(F)c1. The van der Waals surface area contributed by atoms with Gasteiger partial charge in [0.1, 0.15) is 11.6 Å². The summed E-state index contributed by atoms with van der Waals surface area (Å²) in [6.45, 7) is 2.82. The number of furan rings is 1. The van der Waals surface area contributed by atoms with E-state index in [4.69, 9.17) is 4.42 Å². The van der Waals surface area contributed by atoms with Gasteiger partial charge in [-0.2, -0.15) is 0 Å². The first-order valence-electron chi connectivity index (χ1n) is 6.24. The van der Waals surface area contributed by atoms with Crippen LogP contribution in [0.5, 0.6) is 0 Å². The molecule has 0 aliphatic rings. The van der Waals surface area contributed by atoms with Crippen molar-refractivity contribution in [3.63, 3.8) is 0 Å². The molecule has 96 valence electrons. The van der Waals surface area contributed by atoms with Gasteiger partial charge < -0.3 is 9.73 Å². The van der Waals surface area contributed by atoms with E-state index < -0.39 is 0 Å². The van der Waals surface area contributed by atoms with E-state index in [0.29, 0.717) is 12.6 Å². The van der Waals surface area contributed by atoms with Crippen molar-refractivity contribution < 1.29 is 8.81 Å². The van der Waals surface area contributed by atoms with Crippen LogP contribution in [0.25, 0.3) is 0 Å². The third-order valence-electron chi connectivity index (χ3n) is 2.95. The lowest BCUT2D eigenvalue weighted by Crippen LogP contribution is -2.25. The molecule has 1 atom stereocenters. The van der Waals surface area contributed by atoms with Crippen molar-refractivity contribution in [3.05, 3.63) is 59.8 Å². The largest absolute Gasteiger partial charge is 0.469 e. The molecule has 18 heavy (non-hydrogen) atoms. The van der Waals surface area contributed by atoms with Crippen LogP contribution < -0.4 is 5.32 Å². The van der Waals surface area contributed by atoms with Crippen LogP contribution in [0.3, 0.4) is 0 Å². The van der Waals surface area contributed by atoms with Gasteiger partial charge in [0, 0.05) is 19.0 Å². The van der Waals surface area contributed by atoms with Crippen molar-refractivity contribution in [3.8, 4) is 0 Å². The first-order chi connectivity index (χ1) is 8.74. The van der Waals surface area contributed by atoms with Gasteiger partial charge >= 0.3 is 0 Å². The molecule has 0 radical (unpaired) electrons. The number of benzene rings is 1. The summed E-state index contributed by atoms with van der Waals surface area (Å²) in [7, 11) is 0. The van der Waals surface area contributed by atoms with Crippen molar-refractivity contribution in [2.24, 2.45) is 0 Å². The minimum atomic E-state index is -0.183. The lowest BCUT2D eigenvalue weighted by Gasteiger charge is -2.13. The Kier molecular flexibility index (Phi) is 4.53. The van der Waals surface area contributed by atoms with E-state index in [1.165, 1.54) is 6.07 Å². The molecule has 0 aliphatic heterocycles. The van der Waals surface area contributed by atoms with E-state index >= 15 is 0 Å². The highest BCUT2D eigenvalue weighted by molar-refractivity contribution is 5.16. The quantitative estimate of drug-likeness (QED) is 0.844. The maximum atomic E-state index is 13.0. The van der Waals surface area contributed by atoms with Crippen LogP contribution in [-0.4, -0.2) is 6.04 Å². The Morgan fingerprint density at radius 3 is 2.89 bits per heavy atom. The zero-order valence-electron chi connectivity index (χ0n) is 10.5. The van der Waals surface area contributed by atoms with Gasteiger partial charge in [-0.15, -0.1) is 0 Å². The highest BCUT2D eigenvalue weighted by Crippen LogP contribution is 2.07. The predicted octanol–water partition coefficient (Wildman–Crippen LogP) is 3.53. The summed E-state index contributed by atoms with van der Waals surface area (Å²) < 4.78 is 18.3. The molecule has 1 heterocycles. The van der Waals surface area contributed by atoms with E-state index in [1.807, 2.05) is 18.2 Å². The van der Waals surface area contributed by atoms with Crippen LogP contribution in [0.4, 0.5) is 4.39 Å². The lowest BCUT2D eigenvalue weighted by atomic mass is 10.1. The van der Waals surface area contributed by atoms with Crippen LogP contribution in [0.1, 0.15) is 24.7 Å². The Bertz CT molecular complexity index is 467. The molecule has 2 nitrogen and oxygen atoms in total. The monoisotopic (exact) mass is 247 g/mol. The Morgan fingerprint density at radius 1 is 1.28 bits per heavy atom. The fourth-order valence-electron chi connectivity index (χ4n) is 1.85. The first kappa shape index (κ1) is 12.8. The zero-order chi connectivity index (χ0) is 12.8. The van der Waals surface area contributed by atoms with E-state index in [0.717, 1.165) is 24.2 Å². The molecule has 0 spiro atoms. The number of hydrogen-bond donors (Lipinski definition) is 1. The number of rotatable bonds is 6.